The van der Waals surface area contributed by atoms with Crippen molar-refractivity contribution in [2.45, 2.75) is 25.2 Å². The highest BCUT2D eigenvalue weighted by atomic mass is 32.2. The molecule has 6 nitrogen and oxygen atoms in total. The first-order valence-corrected chi connectivity index (χ1v) is 11.0. The molecule has 25 heavy (non-hydrogen) atoms. The van der Waals surface area contributed by atoms with Gasteiger partial charge in [0.2, 0.25) is 10.0 Å². The number of hydrogen-bond donors (Lipinski definition) is 1. The Hall–Kier alpha value is -2.06. The zero-order valence-corrected chi connectivity index (χ0v) is 15.7. The lowest BCUT2D eigenvalue weighted by Crippen LogP contribution is -2.25. The van der Waals surface area contributed by atoms with Crippen LogP contribution in [0, 0.1) is 13.8 Å². The van der Waals surface area contributed by atoms with Crippen molar-refractivity contribution in [3.63, 3.8) is 0 Å². The Morgan fingerprint density at radius 2 is 1.84 bits per heavy atom. The molecule has 1 saturated heterocycles. The van der Waals surface area contributed by atoms with Gasteiger partial charge < -0.3 is 0 Å². The molecule has 0 atom stereocenters. The van der Waals surface area contributed by atoms with Crippen molar-refractivity contribution in [2.75, 3.05) is 21.3 Å². The van der Waals surface area contributed by atoms with E-state index in [1.54, 1.807) is 37.3 Å². The highest BCUT2D eigenvalue weighted by molar-refractivity contribution is 7.93. The summed E-state index contributed by atoms with van der Waals surface area (Å²) in [6.07, 6.45) is 0.570. The standard InChI is InChI=1S/C17H20N2O4S2/c1-13-5-3-6-16(11-13)25(22,23)18-17-12-15(8-7-14(17)2)19-9-4-10-24(19,20)21/h3,5-8,11-12,18H,4,9-10H2,1-2H3. The number of nitrogens with one attached hydrogen (secondary N) is 1. The van der Waals surface area contributed by atoms with Crippen LogP contribution in [0.3, 0.4) is 0 Å². The van der Waals surface area contributed by atoms with E-state index in [9.17, 15) is 16.8 Å². The number of anilines is 2. The highest BCUT2D eigenvalue weighted by Gasteiger charge is 2.29. The largest absolute Gasteiger partial charge is 0.279 e. The summed E-state index contributed by atoms with van der Waals surface area (Å²) in [5.41, 5.74) is 2.42. The summed E-state index contributed by atoms with van der Waals surface area (Å²) >= 11 is 0. The maximum absolute atomic E-state index is 12.6. The average molecular weight is 380 g/mol. The lowest BCUT2D eigenvalue weighted by atomic mass is 10.2. The van der Waals surface area contributed by atoms with Crippen molar-refractivity contribution < 1.29 is 16.8 Å². The van der Waals surface area contributed by atoms with Gasteiger partial charge in [-0.05, 0) is 55.7 Å². The van der Waals surface area contributed by atoms with Crippen LogP contribution in [-0.4, -0.2) is 29.1 Å². The Kier molecular flexibility index (Phi) is 4.51. The first kappa shape index (κ1) is 17.8. The maximum Gasteiger partial charge on any atom is 0.261 e. The Balaban J connectivity index is 1.96. The summed E-state index contributed by atoms with van der Waals surface area (Å²) in [4.78, 5) is 0.172. The van der Waals surface area contributed by atoms with E-state index in [4.69, 9.17) is 0 Å². The second-order valence-corrected chi connectivity index (χ2v) is 9.86. The Labute approximate surface area is 148 Å². The van der Waals surface area contributed by atoms with Gasteiger partial charge >= 0.3 is 0 Å². The number of sulfonamides is 2. The molecule has 0 amide bonds. The zero-order valence-electron chi connectivity index (χ0n) is 14.1. The highest BCUT2D eigenvalue weighted by Crippen LogP contribution is 2.29. The number of hydrogen-bond acceptors (Lipinski definition) is 4. The minimum absolute atomic E-state index is 0.116. The molecular weight excluding hydrogens is 360 g/mol. The molecule has 3 rings (SSSR count). The molecule has 0 saturated carbocycles. The van der Waals surface area contributed by atoms with Crippen LogP contribution in [0.4, 0.5) is 11.4 Å². The van der Waals surface area contributed by atoms with Crippen LogP contribution in [0.5, 0.6) is 0 Å². The van der Waals surface area contributed by atoms with Gasteiger partial charge in [-0.25, -0.2) is 16.8 Å². The van der Waals surface area contributed by atoms with Crippen LogP contribution in [0.25, 0.3) is 0 Å². The number of nitrogens with zero attached hydrogens (tertiary/aromatic N) is 1. The summed E-state index contributed by atoms with van der Waals surface area (Å²) in [5, 5.41) is 0. The van der Waals surface area contributed by atoms with Crippen LogP contribution in [0.1, 0.15) is 17.5 Å². The van der Waals surface area contributed by atoms with Gasteiger partial charge in [0, 0.05) is 6.54 Å². The smallest absolute Gasteiger partial charge is 0.261 e. The quantitative estimate of drug-likeness (QED) is 0.884. The van der Waals surface area contributed by atoms with Gasteiger partial charge in [-0.2, -0.15) is 0 Å². The lowest BCUT2D eigenvalue weighted by molar-refractivity contribution is 0.598. The molecule has 0 aromatic heterocycles. The molecule has 0 bridgehead atoms. The summed E-state index contributed by atoms with van der Waals surface area (Å²) in [6, 6.07) is 11.6. The number of benzene rings is 2. The van der Waals surface area contributed by atoms with Gasteiger partial charge in [0.15, 0.2) is 0 Å². The van der Waals surface area contributed by atoms with Gasteiger partial charge in [0.05, 0.1) is 22.0 Å². The number of aryl methyl sites for hydroxylation is 2. The van der Waals surface area contributed by atoms with Gasteiger partial charge in [-0.3, -0.25) is 9.03 Å². The van der Waals surface area contributed by atoms with Crippen molar-refractivity contribution in [1.82, 2.24) is 0 Å². The van der Waals surface area contributed by atoms with E-state index in [0.29, 0.717) is 24.3 Å². The van der Waals surface area contributed by atoms with Crippen molar-refractivity contribution in [3.8, 4) is 0 Å². The van der Waals surface area contributed by atoms with E-state index in [-0.39, 0.29) is 10.6 Å². The van der Waals surface area contributed by atoms with Crippen LogP contribution < -0.4 is 9.03 Å². The molecule has 0 radical (unpaired) electrons. The second kappa shape index (κ2) is 6.34. The summed E-state index contributed by atoms with van der Waals surface area (Å²) in [7, 11) is -7.06. The summed E-state index contributed by atoms with van der Waals surface area (Å²) < 4.78 is 53.3. The second-order valence-electron chi connectivity index (χ2n) is 6.16. The molecule has 2 aromatic rings. The molecule has 2 aromatic carbocycles. The van der Waals surface area contributed by atoms with E-state index in [1.807, 2.05) is 13.0 Å². The molecule has 0 aliphatic carbocycles. The minimum atomic E-state index is -3.75. The third kappa shape index (κ3) is 3.64. The fraction of sp³-hybridized carbons (Fsp3) is 0.294. The molecule has 8 heteroatoms. The fourth-order valence-corrected chi connectivity index (χ4v) is 5.57. The third-order valence-corrected chi connectivity index (χ3v) is 7.39. The molecule has 1 aliphatic heterocycles. The van der Waals surface area contributed by atoms with Crippen molar-refractivity contribution in [3.05, 3.63) is 53.6 Å². The van der Waals surface area contributed by atoms with Crippen molar-refractivity contribution >= 4 is 31.4 Å². The molecule has 1 heterocycles. The van der Waals surface area contributed by atoms with E-state index in [1.165, 1.54) is 10.4 Å². The van der Waals surface area contributed by atoms with Gasteiger partial charge in [-0.15, -0.1) is 0 Å². The van der Waals surface area contributed by atoms with Gasteiger partial charge in [-0.1, -0.05) is 18.2 Å². The van der Waals surface area contributed by atoms with Crippen LogP contribution in [0.2, 0.25) is 0 Å². The van der Waals surface area contributed by atoms with Crippen LogP contribution >= 0.6 is 0 Å². The third-order valence-electron chi connectivity index (χ3n) is 4.15. The van der Waals surface area contributed by atoms with E-state index in [2.05, 4.69) is 4.72 Å². The van der Waals surface area contributed by atoms with Crippen LogP contribution in [0.15, 0.2) is 47.4 Å². The molecule has 1 fully saturated rings. The lowest BCUT2D eigenvalue weighted by Gasteiger charge is -2.19. The van der Waals surface area contributed by atoms with Crippen molar-refractivity contribution in [1.29, 1.82) is 0 Å². The predicted molar refractivity (Wildman–Crippen MR) is 98.9 cm³/mol. The topological polar surface area (TPSA) is 83.6 Å². The molecule has 0 spiro atoms. The van der Waals surface area contributed by atoms with Crippen LogP contribution in [-0.2, 0) is 20.0 Å². The Morgan fingerprint density at radius 1 is 1.08 bits per heavy atom. The molecular formula is C17H20N2O4S2. The first-order chi connectivity index (χ1) is 11.7. The summed E-state index contributed by atoms with van der Waals surface area (Å²) in [6.45, 7) is 4.01. The first-order valence-electron chi connectivity index (χ1n) is 7.90. The SMILES string of the molecule is Cc1cccc(S(=O)(=O)Nc2cc(N3CCCS3(=O)=O)ccc2C)c1. The minimum Gasteiger partial charge on any atom is -0.279 e. The van der Waals surface area contributed by atoms with Gasteiger partial charge in [0.1, 0.15) is 0 Å². The Morgan fingerprint density at radius 3 is 2.48 bits per heavy atom. The van der Waals surface area contributed by atoms with E-state index < -0.39 is 20.0 Å². The van der Waals surface area contributed by atoms with E-state index in [0.717, 1.165) is 11.1 Å². The average Bonchev–Trinajstić information content (AvgIpc) is 2.89. The molecule has 134 valence electrons. The summed E-state index contributed by atoms with van der Waals surface area (Å²) in [5.74, 6) is 0.116. The van der Waals surface area contributed by atoms with Gasteiger partial charge in [0.25, 0.3) is 10.0 Å². The Bertz CT molecular complexity index is 1010. The number of rotatable bonds is 4. The normalized spacial score (nSPS) is 16.8. The maximum atomic E-state index is 12.6. The fourth-order valence-electron chi connectivity index (χ4n) is 2.79. The van der Waals surface area contributed by atoms with Crippen molar-refractivity contribution in [2.24, 2.45) is 0 Å². The molecule has 1 aliphatic rings. The molecule has 1 N–H and O–H groups in total. The zero-order chi connectivity index (χ0) is 18.2. The molecule has 0 unspecified atom stereocenters. The monoisotopic (exact) mass is 380 g/mol. The van der Waals surface area contributed by atoms with E-state index >= 15 is 0 Å². The predicted octanol–water partition coefficient (Wildman–Crippen LogP) is 2.64.